The average Bonchev–Trinajstić information content (AvgIpc) is 3.23. The number of amides is 1. The zero-order chi connectivity index (χ0) is 23.5. The van der Waals surface area contributed by atoms with Crippen molar-refractivity contribution in [3.8, 4) is 0 Å². The van der Waals surface area contributed by atoms with Crippen molar-refractivity contribution in [1.29, 1.82) is 0 Å². The van der Waals surface area contributed by atoms with E-state index in [0.29, 0.717) is 5.56 Å². The molecule has 2 heterocycles. The number of hydrogen-bond acceptors (Lipinski definition) is 3. The van der Waals surface area contributed by atoms with Gasteiger partial charge in [0, 0.05) is 31.1 Å². The van der Waals surface area contributed by atoms with E-state index in [1.807, 2.05) is 18.2 Å². The van der Waals surface area contributed by atoms with Crippen LogP contribution in [-0.2, 0) is 17.9 Å². The molecule has 0 aliphatic carbocycles. The molecule has 6 heteroatoms. The minimum Gasteiger partial charge on any atom is -0.352 e. The monoisotopic (exact) mass is 456 g/mol. The van der Waals surface area contributed by atoms with Gasteiger partial charge in [0.05, 0.1) is 17.6 Å². The molecule has 0 radical (unpaired) electrons. The third kappa shape index (κ3) is 4.67. The molecule has 5 nitrogen and oxygen atoms in total. The molecule has 0 unspecified atom stereocenters. The number of nitrogens with zero attached hydrogens (tertiary/aromatic N) is 3. The Labute approximate surface area is 199 Å². The lowest BCUT2D eigenvalue weighted by atomic mass is 9.96. The van der Waals surface area contributed by atoms with Crippen LogP contribution in [-0.4, -0.2) is 28.5 Å². The third-order valence-electron chi connectivity index (χ3n) is 6.66. The molecule has 0 bridgehead atoms. The van der Waals surface area contributed by atoms with Gasteiger partial charge < -0.3 is 14.8 Å². The second kappa shape index (κ2) is 9.67. The number of halogens is 1. The summed E-state index contributed by atoms with van der Waals surface area (Å²) in [6.45, 7) is 4.58. The van der Waals surface area contributed by atoms with E-state index in [-0.39, 0.29) is 24.2 Å². The van der Waals surface area contributed by atoms with E-state index < -0.39 is 0 Å². The first-order chi connectivity index (χ1) is 16.6. The molecular weight excluding hydrogens is 427 g/mol. The summed E-state index contributed by atoms with van der Waals surface area (Å²) in [6.07, 6.45) is 1.49. The lowest BCUT2D eigenvalue weighted by molar-refractivity contribution is -0.125. The zero-order valence-corrected chi connectivity index (χ0v) is 19.4. The lowest BCUT2D eigenvalue weighted by Crippen LogP contribution is -2.41. The van der Waals surface area contributed by atoms with E-state index in [1.54, 1.807) is 18.2 Å². The normalized spacial score (nSPS) is 14.5. The Kier molecular flexibility index (Phi) is 6.30. The van der Waals surface area contributed by atoms with Crippen LogP contribution in [0, 0.1) is 18.7 Å². The van der Waals surface area contributed by atoms with Gasteiger partial charge in [-0.25, -0.2) is 9.37 Å². The molecule has 34 heavy (non-hydrogen) atoms. The number of carbonyl (C=O) groups is 1. The van der Waals surface area contributed by atoms with E-state index >= 15 is 0 Å². The maximum atomic E-state index is 13.9. The lowest BCUT2D eigenvalue weighted by Gasteiger charge is -2.32. The summed E-state index contributed by atoms with van der Waals surface area (Å²) >= 11 is 0. The number of fused-ring (bicyclic) bond motifs is 1. The Hall–Kier alpha value is -3.67. The number of anilines is 1. The van der Waals surface area contributed by atoms with Gasteiger partial charge in [-0.3, -0.25) is 4.79 Å². The van der Waals surface area contributed by atoms with E-state index in [9.17, 15) is 9.18 Å². The van der Waals surface area contributed by atoms with Crippen molar-refractivity contribution in [1.82, 2.24) is 14.9 Å². The molecule has 1 aliphatic heterocycles. The fourth-order valence-electron chi connectivity index (χ4n) is 4.65. The number of nitrogens with one attached hydrogen (secondary N) is 1. The summed E-state index contributed by atoms with van der Waals surface area (Å²) in [5.41, 5.74) is 5.09. The van der Waals surface area contributed by atoms with Gasteiger partial charge in [0.1, 0.15) is 5.82 Å². The molecule has 0 saturated carbocycles. The minimum absolute atomic E-state index is 0.00365. The Morgan fingerprint density at radius 2 is 1.71 bits per heavy atom. The first-order valence-electron chi connectivity index (χ1n) is 11.9. The van der Waals surface area contributed by atoms with Crippen molar-refractivity contribution < 1.29 is 9.18 Å². The van der Waals surface area contributed by atoms with Crippen molar-refractivity contribution in [2.45, 2.75) is 32.9 Å². The summed E-state index contributed by atoms with van der Waals surface area (Å²) < 4.78 is 16.1. The summed E-state index contributed by atoms with van der Waals surface area (Å²) in [7, 11) is 0. The molecule has 1 saturated heterocycles. The Bertz CT molecular complexity index is 1290. The number of para-hydroxylation sites is 2. The molecule has 174 valence electrons. The minimum atomic E-state index is -0.287. The van der Waals surface area contributed by atoms with Crippen molar-refractivity contribution in [3.05, 3.63) is 95.3 Å². The quantitative estimate of drug-likeness (QED) is 0.441. The van der Waals surface area contributed by atoms with E-state index in [2.05, 4.69) is 52.0 Å². The van der Waals surface area contributed by atoms with Gasteiger partial charge >= 0.3 is 0 Å². The van der Waals surface area contributed by atoms with E-state index in [1.165, 1.54) is 17.2 Å². The SMILES string of the molecule is Cc1ccc(Cn2c(N3CCC(C(=O)NCc4ccccc4F)CC3)nc3ccccc32)cc1. The molecule has 4 aromatic rings. The number of hydrogen-bond donors (Lipinski definition) is 1. The number of imidazole rings is 1. The standard InChI is InChI=1S/C28H29FN4O/c1-20-10-12-21(13-11-20)19-33-26-9-5-4-8-25(26)31-28(33)32-16-14-22(15-17-32)27(34)30-18-23-6-2-3-7-24(23)29/h2-13,22H,14-19H2,1H3,(H,30,34). The fraction of sp³-hybridized carbons (Fsp3) is 0.286. The number of aryl methyl sites for hydroxylation is 1. The average molecular weight is 457 g/mol. The van der Waals surface area contributed by atoms with Crippen LogP contribution in [0.15, 0.2) is 72.8 Å². The molecule has 1 amide bonds. The predicted molar refractivity (Wildman–Crippen MR) is 133 cm³/mol. The molecule has 0 atom stereocenters. The van der Waals surface area contributed by atoms with Crippen LogP contribution in [0.5, 0.6) is 0 Å². The largest absolute Gasteiger partial charge is 0.352 e. The van der Waals surface area contributed by atoms with Crippen molar-refractivity contribution >= 4 is 22.9 Å². The number of aromatic nitrogens is 2. The number of benzene rings is 3. The van der Waals surface area contributed by atoms with Crippen LogP contribution in [0.1, 0.15) is 29.5 Å². The fourth-order valence-corrected chi connectivity index (χ4v) is 4.65. The Balaban J connectivity index is 1.28. The maximum absolute atomic E-state index is 13.9. The smallest absolute Gasteiger partial charge is 0.223 e. The van der Waals surface area contributed by atoms with Gasteiger partial charge in [-0.05, 0) is 43.5 Å². The maximum Gasteiger partial charge on any atom is 0.223 e. The van der Waals surface area contributed by atoms with Crippen LogP contribution in [0.3, 0.4) is 0 Å². The van der Waals surface area contributed by atoms with Gasteiger partial charge in [0.15, 0.2) is 0 Å². The number of rotatable bonds is 6. The molecule has 1 fully saturated rings. The first-order valence-corrected chi connectivity index (χ1v) is 11.9. The second-order valence-electron chi connectivity index (χ2n) is 9.04. The van der Waals surface area contributed by atoms with Crippen LogP contribution in [0.4, 0.5) is 10.3 Å². The predicted octanol–water partition coefficient (Wildman–Crippen LogP) is 5.06. The van der Waals surface area contributed by atoms with Crippen LogP contribution in [0.2, 0.25) is 0 Å². The van der Waals surface area contributed by atoms with Crippen LogP contribution >= 0.6 is 0 Å². The first kappa shape index (κ1) is 22.1. The highest BCUT2D eigenvalue weighted by Gasteiger charge is 2.27. The number of piperidine rings is 1. The molecular formula is C28H29FN4O. The van der Waals surface area contributed by atoms with Gasteiger partial charge in [0.25, 0.3) is 0 Å². The van der Waals surface area contributed by atoms with Gasteiger partial charge in [0.2, 0.25) is 11.9 Å². The summed E-state index contributed by atoms with van der Waals surface area (Å²) in [6, 6.07) is 23.4. The van der Waals surface area contributed by atoms with E-state index in [0.717, 1.165) is 49.5 Å². The van der Waals surface area contributed by atoms with Gasteiger partial charge in [-0.15, -0.1) is 0 Å². The molecule has 5 rings (SSSR count). The topological polar surface area (TPSA) is 50.2 Å². The highest BCUT2D eigenvalue weighted by Crippen LogP contribution is 2.28. The Morgan fingerprint density at radius 1 is 1.00 bits per heavy atom. The highest BCUT2D eigenvalue weighted by molar-refractivity contribution is 5.80. The number of carbonyl (C=O) groups excluding carboxylic acids is 1. The Morgan fingerprint density at radius 3 is 2.47 bits per heavy atom. The van der Waals surface area contributed by atoms with Crippen LogP contribution in [0.25, 0.3) is 11.0 Å². The summed E-state index contributed by atoms with van der Waals surface area (Å²) in [5.74, 6) is 0.589. The molecule has 0 spiro atoms. The highest BCUT2D eigenvalue weighted by atomic mass is 19.1. The summed E-state index contributed by atoms with van der Waals surface area (Å²) in [4.78, 5) is 20.0. The molecule has 3 aromatic carbocycles. The van der Waals surface area contributed by atoms with Gasteiger partial charge in [-0.2, -0.15) is 0 Å². The second-order valence-corrected chi connectivity index (χ2v) is 9.04. The third-order valence-corrected chi connectivity index (χ3v) is 6.66. The van der Waals surface area contributed by atoms with Crippen LogP contribution < -0.4 is 10.2 Å². The van der Waals surface area contributed by atoms with Crippen molar-refractivity contribution in [2.75, 3.05) is 18.0 Å². The molecule has 1 N–H and O–H groups in total. The zero-order valence-electron chi connectivity index (χ0n) is 19.4. The molecule has 1 aliphatic rings. The van der Waals surface area contributed by atoms with E-state index in [4.69, 9.17) is 4.98 Å². The summed E-state index contributed by atoms with van der Waals surface area (Å²) in [5, 5.41) is 2.92. The molecule has 1 aromatic heterocycles. The van der Waals surface area contributed by atoms with Crippen molar-refractivity contribution in [2.24, 2.45) is 5.92 Å². The van der Waals surface area contributed by atoms with Crippen molar-refractivity contribution in [3.63, 3.8) is 0 Å². The van der Waals surface area contributed by atoms with Gasteiger partial charge in [-0.1, -0.05) is 60.2 Å².